The van der Waals surface area contributed by atoms with E-state index in [9.17, 15) is 9.90 Å². The average molecular weight is 264 g/mol. The molecular weight excluding hydrogens is 248 g/mol. The summed E-state index contributed by atoms with van der Waals surface area (Å²) in [6.45, 7) is 6.04. The molecule has 2 aromatic heterocycles. The summed E-state index contributed by atoms with van der Waals surface area (Å²) in [5.41, 5.74) is 0.842. The molecule has 0 unspecified atom stereocenters. The Bertz CT molecular complexity index is 569. The van der Waals surface area contributed by atoms with Crippen molar-refractivity contribution < 1.29 is 9.90 Å². The fourth-order valence-corrected chi connectivity index (χ4v) is 2.64. The predicted octanol–water partition coefficient (Wildman–Crippen LogP) is 3.45. The molecule has 0 radical (unpaired) electrons. The minimum atomic E-state index is -0.927. The molecular formula is C13H16N2O2S. The van der Waals surface area contributed by atoms with Gasteiger partial charge in [0, 0.05) is 17.1 Å². The molecule has 0 bridgehead atoms. The van der Waals surface area contributed by atoms with Gasteiger partial charge in [0.15, 0.2) is 0 Å². The van der Waals surface area contributed by atoms with Gasteiger partial charge in [-0.1, -0.05) is 6.92 Å². The van der Waals surface area contributed by atoms with Crippen LogP contribution in [0.2, 0.25) is 0 Å². The highest BCUT2D eigenvalue weighted by Gasteiger charge is 2.19. The third-order valence-electron chi connectivity index (χ3n) is 2.73. The lowest BCUT2D eigenvalue weighted by molar-refractivity contribution is 0.0697. The highest BCUT2D eigenvalue weighted by molar-refractivity contribution is 7.15. The van der Waals surface area contributed by atoms with Gasteiger partial charge in [-0.2, -0.15) is 5.10 Å². The van der Waals surface area contributed by atoms with Gasteiger partial charge in [0.05, 0.1) is 4.88 Å². The number of nitrogens with zero attached hydrogens (tertiary/aromatic N) is 2. The van der Waals surface area contributed by atoms with Gasteiger partial charge in [0.2, 0.25) is 0 Å². The van der Waals surface area contributed by atoms with Crippen molar-refractivity contribution in [3.8, 4) is 10.6 Å². The van der Waals surface area contributed by atoms with E-state index in [1.54, 1.807) is 22.2 Å². The number of thiophene rings is 1. The van der Waals surface area contributed by atoms with E-state index in [0.717, 1.165) is 11.3 Å². The predicted molar refractivity (Wildman–Crippen MR) is 72.3 cm³/mol. The van der Waals surface area contributed by atoms with Gasteiger partial charge in [0.1, 0.15) is 11.3 Å². The molecule has 0 aliphatic heterocycles. The van der Waals surface area contributed by atoms with E-state index in [1.807, 2.05) is 26.0 Å². The molecule has 5 heteroatoms. The van der Waals surface area contributed by atoms with Crippen LogP contribution in [0.25, 0.3) is 10.6 Å². The van der Waals surface area contributed by atoms with Crippen LogP contribution in [0.3, 0.4) is 0 Å². The standard InChI is InChI=1S/C13H16N2O2S/c1-4-9-5-6-11(18-9)12-10(13(16)17)7-15(14-12)8(2)3/h5-8H,4H2,1-3H3,(H,16,17). The fourth-order valence-electron chi connectivity index (χ4n) is 1.69. The number of hydrogen-bond acceptors (Lipinski definition) is 3. The Balaban J connectivity index is 2.51. The van der Waals surface area contributed by atoms with Gasteiger partial charge >= 0.3 is 5.97 Å². The molecule has 1 N–H and O–H groups in total. The largest absolute Gasteiger partial charge is 0.478 e. The molecule has 0 aliphatic rings. The van der Waals surface area contributed by atoms with Crippen molar-refractivity contribution in [3.05, 3.63) is 28.8 Å². The van der Waals surface area contributed by atoms with Crippen LogP contribution >= 0.6 is 11.3 Å². The zero-order chi connectivity index (χ0) is 13.3. The van der Waals surface area contributed by atoms with E-state index >= 15 is 0 Å². The number of carboxylic acids is 1. The first kappa shape index (κ1) is 12.8. The molecule has 2 rings (SSSR count). The third-order valence-corrected chi connectivity index (χ3v) is 3.97. The van der Waals surface area contributed by atoms with Crippen molar-refractivity contribution in [1.82, 2.24) is 9.78 Å². The second-order valence-corrected chi connectivity index (χ2v) is 5.56. The molecule has 0 amide bonds. The minimum absolute atomic E-state index is 0.155. The second-order valence-electron chi connectivity index (χ2n) is 4.39. The molecule has 0 saturated carbocycles. The maximum Gasteiger partial charge on any atom is 0.339 e. The van der Waals surface area contributed by atoms with Gasteiger partial charge < -0.3 is 5.11 Å². The molecule has 0 fully saturated rings. The van der Waals surface area contributed by atoms with Crippen LogP contribution < -0.4 is 0 Å². The maximum absolute atomic E-state index is 11.3. The molecule has 0 aromatic carbocycles. The van der Waals surface area contributed by atoms with Gasteiger partial charge in [-0.15, -0.1) is 11.3 Å². The molecule has 0 atom stereocenters. The first-order valence-electron chi connectivity index (χ1n) is 5.94. The van der Waals surface area contributed by atoms with Gasteiger partial charge in [-0.05, 0) is 32.4 Å². The lowest BCUT2D eigenvalue weighted by atomic mass is 10.2. The normalized spacial score (nSPS) is 11.1. The molecule has 18 heavy (non-hydrogen) atoms. The highest BCUT2D eigenvalue weighted by atomic mass is 32.1. The van der Waals surface area contributed by atoms with Crippen molar-refractivity contribution in [2.45, 2.75) is 33.2 Å². The van der Waals surface area contributed by atoms with Crippen LogP contribution in [0.15, 0.2) is 18.3 Å². The molecule has 2 aromatic rings. The van der Waals surface area contributed by atoms with Crippen LogP contribution in [0.5, 0.6) is 0 Å². The van der Waals surface area contributed by atoms with Crippen molar-refractivity contribution in [3.63, 3.8) is 0 Å². The summed E-state index contributed by atoms with van der Waals surface area (Å²) >= 11 is 1.60. The van der Waals surface area contributed by atoms with E-state index in [0.29, 0.717) is 5.69 Å². The lowest BCUT2D eigenvalue weighted by Crippen LogP contribution is -2.00. The first-order valence-corrected chi connectivity index (χ1v) is 6.76. The summed E-state index contributed by atoms with van der Waals surface area (Å²) in [6, 6.07) is 4.13. The summed E-state index contributed by atoms with van der Waals surface area (Å²) in [7, 11) is 0. The Morgan fingerprint density at radius 2 is 2.22 bits per heavy atom. The van der Waals surface area contributed by atoms with Crippen LogP contribution in [0.4, 0.5) is 0 Å². The van der Waals surface area contributed by atoms with E-state index in [4.69, 9.17) is 0 Å². The van der Waals surface area contributed by atoms with Crippen LogP contribution in [0, 0.1) is 0 Å². The molecule has 4 nitrogen and oxygen atoms in total. The summed E-state index contributed by atoms with van der Waals surface area (Å²) in [5.74, 6) is -0.927. The first-order chi connectivity index (χ1) is 8.52. The highest BCUT2D eigenvalue weighted by Crippen LogP contribution is 2.30. The van der Waals surface area contributed by atoms with Crippen molar-refractivity contribution in [1.29, 1.82) is 0 Å². The smallest absolute Gasteiger partial charge is 0.339 e. The molecule has 0 spiro atoms. The number of aromatic nitrogens is 2. The topological polar surface area (TPSA) is 55.1 Å². The quantitative estimate of drug-likeness (QED) is 0.920. The maximum atomic E-state index is 11.3. The molecule has 0 saturated heterocycles. The number of carbonyl (C=O) groups is 1. The van der Waals surface area contributed by atoms with Gasteiger partial charge in [-0.3, -0.25) is 4.68 Å². The summed E-state index contributed by atoms with van der Waals surface area (Å²) < 4.78 is 1.70. The Kier molecular flexibility index (Phi) is 3.52. The average Bonchev–Trinajstić information content (AvgIpc) is 2.95. The van der Waals surface area contributed by atoms with Crippen LogP contribution in [0.1, 0.15) is 42.0 Å². The minimum Gasteiger partial charge on any atom is -0.478 e. The molecule has 2 heterocycles. The lowest BCUT2D eigenvalue weighted by Gasteiger charge is -2.02. The second kappa shape index (κ2) is 4.94. The van der Waals surface area contributed by atoms with E-state index in [2.05, 4.69) is 12.0 Å². The Morgan fingerprint density at radius 3 is 2.72 bits per heavy atom. The molecule has 96 valence electrons. The third kappa shape index (κ3) is 2.31. The SMILES string of the molecule is CCc1ccc(-c2nn(C(C)C)cc2C(=O)O)s1. The summed E-state index contributed by atoms with van der Waals surface area (Å²) in [6.07, 6.45) is 2.56. The number of aryl methyl sites for hydroxylation is 1. The zero-order valence-electron chi connectivity index (χ0n) is 10.7. The number of aromatic carboxylic acids is 1. The molecule has 0 aliphatic carbocycles. The van der Waals surface area contributed by atoms with Gasteiger partial charge in [0.25, 0.3) is 0 Å². The van der Waals surface area contributed by atoms with Crippen LogP contribution in [-0.2, 0) is 6.42 Å². The van der Waals surface area contributed by atoms with Crippen molar-refractivity contribution in [2.24, 2.45) is 0 Å². The van der Waals surface area contributed by atoms with Gasteiger partial charge in [-0.25, -0.2) is 4.79 Å². The van der Waals surface area contributed by atoms with Crippen molar-refractivity contribution >= 4 is 17.3 Å². The van der Waals surface area contributed by atoms with E-state index < -0.39 is 5.97 Å². The fraction of sp³-hybridized carbons (Fsp3) is 0.385. The Hall–Kier alpha value is -1.62. The Labute approximate surface area is 110 Å². The van der Waals surface area contributed by atoms with Crippen molar-refractivity contribution in [2.75, 3.05) is 0 Å². The number of carboxylic acid groups (broad SMARTS) is 1. The Morgan fingerprint density at radius 1 is 1.50 bits per heavy atom. The summed E-state index contributed by atoms with van der Waals surface area (Å²) in [4.78, 5) is 13.4. The monoisotopic (exact) mass is 264 g/mol. The zero-order valence-corrected chi connectivity index (χ0v) is 11.5. The summed E-state index contributed by atoms with van der Waals surface area (Å²) in [5, 5.41) is 13.6. The van der Waals surface area contributed by atoms with E-state index in [1.165, 1.54) is 4.88 Å². The van der Waals surface area contributed by atoms with Crippen LogP contribution in [-0.4, -0.2) is 20.9 Å². The number of hydrogen-bond donors (Lipinski definition) is 1. The number of rotatable bonds is 4. The van der Waals surface area contributed by atoms with E-state index in [-0.39, 0.29) is 11.6 Å².